The van der Waals surface area contributed by atoms with Gasteiger partial charge in [0.2, 0.25) is 0 Å². The molecule has 0 saturated heterocycles. The molecular weight excluding hydrogens is 208 g/mol. The van der Waals surface area contributed by atoms with Crippen LogP contribution in [0.5, 0.6) is 0 Å². The SMILES string of the molecule is CCCCC([O])Cc1cccc2ccccc12. The van der Waals surface area contributed by atoms with Gasteiger partial charge in [-0.2, -0.15) is 0 Å². The first-order valence-corrected chi connectivity index (χ1v) is 6.43. The molecule has 1 unspecified atom stereocenters. The van der Waals surface area contributed by atoms with Crippen LogP contribution in [-0.4, -0.2) is 6.10 Å². The molecule has 0 spiro atoms. The fourth-order valence-electron chi connectivity index (χ4n) is 2.25. The molecule has 2 aromatic rings. The minimum absolute atomic E-state index is 0.458. The second-order valence-electron chi connectivity index (χ2n) is 4.61. The van der Waals surface area contributed by atoms with Crippen molar-refractivity contribution in [2.24, 2.45) is 0 Å². The molecule has 1 nitrogen and oxygen atoms in total. The normalized spacial score (nSPS) is 12.8. The van der Waals surface area contributed by atoms with E-state index >= 15 is 0 Å². The molecule has 17 heavy (non-hydrogen) atoms. The zero-order chi connectivity index (χ0) is 12.1. The van der Waals surface area contributed by atoms with E-state index in [0.29, 0.717) is 6.42 Å². The molecule has 0 amide bonds. The van der Waals surface area contributed by atoms with E-state index in [2.05, 4.69) is 31.2 Å². The fraction of sp³-hybridized carbons (Fsp3) is 0.375. The van der Waals surface area contributed by atoms with Gasteiger partial charge < -0.3 is 0 Å². The molecule has 0 saturated carbocycles. The van der Waals surface area contributed by atoms with E-state index in [-0.39, 0.29) is 0 Å². The first-order chi connectivity index (χ1) is 8.31. The molecular formula is C16H19O. The maximum atomic E-state index is 11.9. The molecule has 0 aliphatic rings. The van der Waals surface area contributed by atoms with Gasteiger partial charge in [0, 0.05) is 6.42 Å². The van der Waals surface area contributed by atoms with Crippen molar-refractivity contribution >= 4 is 10.8 Å². The van der Waals surface area contributed by atoms with Crippen LogP contribution < -0.4 is 0 Å². The lowest BCUT2D eigenvalue weighted by atomic mass is 9.98. The van der Waals surface area contributed by atoms with Crippen molar-refractivity contribution in [1.82, 2.24) is 0 Å². The highest BCUT2D eigenvalue weighted by molar-refractivity contribution is 5.85. The first kappa shape index (κ1) is 12.1. The largest absolute Gasteiger partial charge is 0.233 e. The van der Waals surface area contributed by atoms with Gasteiger partial charge in [0.25, 0.3) is 0 Å². The summed E-state index contributed by atoms with van der Waals surface area (Å²) in [6, 6.07) is 14.5. The van der Waals surface area contributed by atoms with Gasteiger partial charge in [0.15, 0.2) is 0 Å². The van der Waals surface area contributed by atoms with Crippen LogP contribution in [0.2, 0.25) is 0 Å². The first-order valence-electron chi connectivity index (χ1n) is 6.43. The van der Waals surface area contributed by atoms with E-state index in [0.717, 1.165) is 19.3 Å². The van der Waals surface area contributed by atoms with Crippen LogP contribution in [0.25, 0.3) is 10.8 Å². The Labute approximate surface area is 103 Å². The number of hydrogen-bond donors (Lipinski definition) is 0. The van der Waals surface area contributed by atoms with E-state index in [9.17, 15) is 5.11 Å². The number of rotatable bonds is 5. The molecule has 0 heterocycles. The average molecular weight is 227 g/mol. The zero-order valence-electron chi connectivity index (χ0n) is 10.4. The molecule has 89 valence electrons. The summed E-state index contributed by atoms with van der Waals surface area (Å²) in [4.78, 5) is 0. The fourth-order valence-corrected chi connectivity index (χ4v) is 2.25. The van der Waals surface area contributed by atoms with Crippen LogP contribution in [0.3, 0.4) is 0 Å². The van der Waals surface area contributed by atoms with Crippen LogP contribution in [0, 0.1) is 0 Å². The Balaban J connectivity index is 2.18. The van der Waals surface area contributed by atoms with E-state index < -0.39 is 6.10 Å². The molecule has 0 aromatic heterocycles. The van der Waals surface area contributed by atoms with E-state index in [1.54, 1.807) is 0 Å². The van der Waals surface area contributed by atoms with Gasteiger partial charge in [-0.3, -0.25) is 0 Å². The summed E-state index contributed by atoms with van der Waals surface area (Å²) in [5.74, 6) is 0. The van der Waals surface area contributed by atoms with Crippen molar-refractivity contribution in [1.29, 1.82) is 0 Å². The Morgan fingerprint density at radius 3 is 2.65 bits per heavy atom. The number of hydrogen-bond acceptors (Lipinski definition) is 0. The molecule has 1 radical (unpaired) electrons. The maximum Gasteiger partial charge on any atom is 0.0970 e. The minimum Gasteiger partial charge on any atom is -0.233 e. The van der Waals surface area contributed by atoms with Crippen molar-refractivity contribution in [3.05, 3.63) is 48.0 Å². The molecule has 2 rings (SSSR count). The lowest BCUT2D eigenvalue weighted by Crippen LogP contribution is -2.08. The van der Waals surface area contributed by atoms with Gasteiger partial charge in [-0.25, -0.2) is 5.11 Å². The van der Waals surface area contributed by atoms with Crippen LogP contribution >= 0.6 is 0 Å². The van der Waals surface area contributed by atoms with Crippen LogP contribution in [-0.2, 0) is 11.5 Å². The van der Waals surface area contributed by atoms with Crippen molar-refractivity contribution in [3.8, 4) is 0 Å². The highest BCUT2D eigenvalue weighted by Gasteiger charge is 2.09. The summed E-state index contributed by atoms with van der Waals surface area (Å²) in [5, 5.41) is 14.4. The van der Waals surface area contributed by atoms with Gasteiger partial charge in [0.05, 0.1) is 6.10 Å². The van der Waals surface area contributed by atoms with E-state index in [1.165, 1.54) is 16.3 Å². The topological polar surface area (TPSA) is 19.9 Å². The Morgan fingerprint density at radius 2 is 1.82 bits per heavy atom. The second-order valence-corrected chi connectivity index (χ2v) is 4.61. The number of fused-ring (bicyclic) bond motifs is 1. The summed E-state index contributed by atoms with van der Waals surface area (Å²) in [5.41, 5.74) is 1.19. The smallest absolute Gasteiger partial charge is 0.0970 e. The van der Waals surface area contributed by atoms with E-state index in [1.807, 2.05) is 18.2 Å². The van der Waals surface area contributed by atoms with Gasteiger partial charge in [-0.1, -0.05) is 62.2 Å². The minimum atomic E-state index is -0.458. The third-order valence-electron chi connectivity index (χ3n) is 3.21. The molecule has 2 aromatic carbocycles. The van der Waals surface area contributed by atoms with Crippen molar-refractivity contribution in [2.45, 2.75) is 38.7 Å². The third kappa shape index (κ3) is 3.07. The van der Waals surface area contributed by atoms with Crippen molar-refractivity contribution < 1.29 is 5.11 Å². The predicted molar refractivity (Wildman–Crippen MR) is 71.7 cm³/mol. The van der Waals surface area contributed by atoms with Crippen LogP contribution in [0.1, 0.15) is 31.7 Å². The van der Waals surface area contributed by atoms with Crippen molar-refractivity contribution in [2.75, 3.05) is 0 Å². The molecule has 0 bridgehead atoms. The summed E-state index contributed by atoms with van der Waals surface area (Å²) in [6.07, 6.45) is 3.13. The van der Waals surface area contributed by atoms with Gasteiger partial charge in [-0.15, -0.1) is 0 Å². The van der Waals surface area contributed by atoms with Gasteiger partial charge in [-0.05, 0) is 22.8 Å². The molecule has 0 aliphatic carbocycles. The summed E-state index contributed by atoms with van der Waals surface area (Å²) < 4.78 is 0. The standard InChI is InChI=1S/C16H19O/c1-2-3-10-15(17)12-14-9-6-8-13-7-4-5-11-16(13)14/h4-9,11,15H,2-3,10,12H2,1H3. The molecule has 0 fully saturated rings. The van der Waals surface area contributed by atoms with Crippen LogP contribution in [0.15, 0.2) is 42.5 Å². The summed E-state index contributed by atoms with van der Waals surface area (Å²) in [6.45, 7) is 2.13. The molecule has 0 N–H and O–H groups in total. The quantitative estimate of drug-likeness (QED) is 0.722. The third-order valence-corrected chi connectivity index (χ3v) is 3.21. The Bertz CT molecular complexity index is 470. The summed E-state index contributed by atoms with van der Waals surface area (Å²) in [7, 11) is 0. The molecule has 0 aliphatic heterocycles. The Hall–Kier alpha value is -1.34. The number of benzene rings is 2. The second kappa shape index (κ2) is 5.83. The molecule has 1 atom stereocenters. The summed E-state index contributed by atoms with van der Waals surface area (Å²) >= 11 is 0. The molecule has 1 heteroatoms. The lowest BCUT2D eigenvalue weighted by Gasteiger charge is -2.10. The highest BCUT2D eigenvalue weighted by atomic mass is 16.3. The predicted octanol–water partition coefficient (Wildman–Crippen LogP) is 4.37. The van der Waals surface area contributed by atoms with Gasteiger partial charge in [0.1, 0.15) is 0 Å². The monoisotopic (exact) mass is 227 g/mol. The number of unbranched alkanes of at least 4 members (excludes halogenated alkanes) is 1. The van der Waals surface area contributed by atoms with Crippen molar-refractivity contribution in [3.63, 3.8) is 0 Å². The lowest BCUT2D eigenvalue weighted by molar-refractivity contribution is 0.0798. The zero-order valence-corrected chi connectivity index (χ0v) is 10.4. The Kier molecular flexibility index (Phi) is 4.16. The average Bonchev–Trinajstić information content (AvgIpc) is 2.37. The maximum absolute atomic E-state index is 11.9. The highest BCUT2D eigenvalue weighted by Crippen LogP contribution is 2.20. The van der Waals surface area contributed by atoms with E-state index in [4.69, 9.17) is 0 Å². The van der Waals surface area contributed by atoms with Gasteiger partial charge >= 0.3 is 0 Å². The van der Waals surface area contributed by atoms with Crippen LogP contribution in [0.4, 0.5) is 0 Å². The Morgan fingerprint density at radius 1 is 1.06 bits per heavy atom.